The monoisotopic (exact) mass is 291 g/mol. The molecule has 0 spiro atoms. The van der Waals surface area contributed by atoms with Crippen molar-refractivity contribution in [1.82, 2.24) is 10.3 Å². The van der Waals surface area contributed by atoms with Gasteiger partial charge in [-0.05, 0) is 50.3 Å². The first-order valence-corrected chi connectivity index (χ1v) is 7.76. The summed E-state index contributed by atoms with van der Waals surface area (Å²) in [5, 5.41) is 3.33. The Morgan fingerprint density at radius 2 is 2.19 bits per heavy atom. The predicted molar refractivity (Wildman–Crippen MR) is 82.6 cm³/mol. The minimum absolute atomic E-state index is 0.396. The van der Waals surface area contributed by atoms with E-state index in [4.69, 9.17) is 10.5 Å². The highest BCUT2D eigenvalue weighted by Gasteiger charge is 2.18. The molecule has 21 heavy (non-hydrogen) atoms. The van der Waals surface area contributed by atoms with E-state index >= 15 is 0 Å². The van der Waals surface area contributed by atoms with E-state index in [0.717, 1.165) is 49.9 Å². The van der Waals surface area contributed by atoms with Gasteiger partial charge >= 0.3 is 0 Å². The number of hydrogen-bond donors (Lipinski definition) is 2. The van der Waals surface area contributed by atoms with Crippen LogP contribution in [0.5, 0.6) is 5.88 Å². The summed E-state index contributed by atoms with van der Waals surface area (Å²) in [5.41, 5.74) is 8.06. The molecule has 0 saturated heterocycles. The molecule has 5 heteroatoms. The van der Waals surface area contributed by atoms with Crippen molar-refractivity contribution in [2.75, 3.05) is 13.2 Å². The van der Waals surface area contributed by atoms with Gasteiger partial charge in [-0.2, -0.15) is 0 Å². The van der Waals surface area contributed by atoms with Crippen molar-refractivity contribution in [3.05, 3.63) is 22.9 Å². The smallest absolute Gasteiger partial charge is 0.254 e. The Kier molecular flexibility index (Phi) is 5.56. The molecular weight excluding hydrogens is 266 g/mol. The van der Waals surface area contributed by atoms with Gasteiger partial charge in [-0.3, -0.25) is 4.79 Å². The lowest BCUT2D eigenvalue weighted by Crippen LogP contribution is -2.25. The van der Waals surface area contributed by atoms with Crippen LogP contribution in [0.25, 0.3) is 0 Å². The molecule has 0 aliphatic heterocycles. The van der Waals surface area contributed by atoms with E-state index in [1.807, 2.05) is 6.07 Å². The number of rotatable bonds is 7. The second kappa shape index (κ2) is 7.41. The average Bonchev–Trinajstić information content (AvgIpc) is 2.45. The number of primary amides is 1. The summed E-state index contributed by atoms with van der Waals surface area (Å²) in [6, 6.07) is 2.33. The first-order chi connectivity index (χ1) is 10.1. The van der Waals surface area contributed by atoms with Crippen LogP contribution in [-0.2, 0) is 12.8 Å². The Morgan fingerprint density at radius 3 is 2.90 bits per heavy atom. The number of nitrogens with two attached hydrogens (primary N) is 1. The summed E-state index contributed by atoms with van der Waals surface area (Å²) in [4.78, 5) is 16.1. The Balaban J connectivity index is 2.01. The number of nitrogens with zero attached hydrogens (tertiary/aromatic N) is 1. The number of aryl methyl sites for hydroxylation is 2. The van der Waals surface area contributed by atoms with Gasteiger partial charge in [0.05, 0.1) is 6.61 Å². The van der Waals surface area contributed by atoms with E-state index in [2.05, 4.69) is 24.1 Å². The fraction of sp³-hybridized carbons (Fsp3) is 0.625. The van der Waals surface area contributed by atoms with Gasteiger partial charge in [0, 0.05) is 11.7 Å². The molecule has 1 aliphatic carbocycles. The number of fused-ring (bicyclic) bond motifs is 1. The fourth-order valence-corrected chi connectivity index (χ4v) is 2.53. The molecule has 1 amide bonds. The Bertz CT molecular complexity index is 501. The highest BCUT2D eigenvalue weighted by Crippen LogP contribution is 2.25. The van der Waals surface area contributed by atoms with Crippen LogP contribution in [0.15, 0.2) is 6.07 Å². The maximum atomic E-state index is 11.6. The average molecular weight is 291 g/mol. The minimum atomic E-state index is -0.467. The molecular formula is C16H25N3O2. The third-order valence-electron chi connectivity index (χ3n) is 3.64. The number of carbonyl (C=O) groups excluding carboxylic acids is 1. The first-order valence-electron chi connectivity index (χ1n) is 7.76. The van der Waals surface area contributed by atoms with Gasteiger partial charge in [0.15, 0.2) is 0 Å². The molecule has 5 nitrogen and oxygen atoms in total. The van der Waals surface area contributed by atoms with Crippen LogP contribution in [0.2, 0.25) is 0 Å². The van der Waals surface area contributed by atoms with Gasteiger partial charge < -0.3 is 15.8 Å². The lowest BCUT2D eigenvalue weighted by atomic mass is 9.95. The minimum Gasteiger partial charge on any atom is -0.477 e. The number of nitrogens with one attached hydrogen (secondary N) is 1. The van der Waals surface area contributed by atoms with Crippen LogP contribution < -0.4 is 15.8 Å². The van der Waals surface area contributed by atoms with Gasteiger partial charge in [-0.1, -0.05) is 13.8 Å². The molecule has 0 saturated carbocycles. The first kappa shape index (κ1) is 15.8. The number of amides is 1. The van der Waals surface area contributed by atoms with Crippen molar-refractivity contribution in [1.29, 1.82) is 0 Å². The van der Waals surface area contributed by atoms with Crippen LogP contribution in [0, 0.1) is 0 Å². The molecule has 0 bridgehead atoms. The lowest BCUT2D eigenvalue weighted by molar-refractivity contribution is 0.0995. The number of aromatic nitrogens is 1. The highest BCUT2D eigenvalue weighted by molar-refractivity contribution is 5.95. The molecule has 0 aromatic carbocycles. The number of carbonyl (C=O) groups is 1. The maximum absolute atomic E-state index is 11.6. The second-order valence-electron chi connectivity index (χ2n) is 5.83. The third kappa shape index (κ3) is 4.43. The van der Waals surface area contributed by atoms with E-state index < -0.39 is 5.91 Å². The Labute approximate surface area is 126 Å². The summed E-state index contributed by atoms with van der Waals surface area (Å²) in [5.74, 6) is -0.0705. The number of ether oxygens (including phenoxy) is 1. The van der Waals surface area contributed by atoms with Crippen molar-refractivity contribution >= 4 is 5.91 Å². The molecule has 0 atom stereocenters. The summed E-state index contributed by atoms with van der Waals surface area (Å²) < 4.78 is 5.69. The topological polar surface area (TPSA) is 77.2 Å². The molecule has 1 aliphatic rings. The quantitative estimate of drug-likeness (QED) is 0.751. The molecule has 116 valence electrons. The SMILES string of the molecule is CC(C)NCCCOc1nc2c(cc1C(N)=O)CCCC2. The van der Waals surface area contributed by atoms with Crippen LogP contribution in [-0.4, -0.2) is 30.1 Å². The van der Waals surface area contributed by atoms with Gasteiger partial charge in [-0.25, -0.2) is 4.98 Å². The van der Waals surface area contributed by atoms with Crippen LogP contribution in [0.4, 0.5) is 0 Å². The third-order valence-corrected chi connectivity index (χ3v) is 3.64. The largest absolute Gasteiger partial charge is 0.477 e. The van der Waals surface area contributed by atoms with E-state index in [-0.39, 0.29) is 0 Å². The summed E-state index contributed by atoms with van der Waals surface area (Å²) in [6.45, 7) is 5.63. The van der Waals surface area contributed by atoms with E-state index in [0.29, 0.717) is 24.1 Å². The maximum Gasteiger partial charge on any atom is 0.254 e. The van der Waals surface area contributed by atoms with Crippen LogP contribution in [0.1, 0.15) is 54.7 Å². The van der Waals surface area contributed by atoms with Crippen molar-refractivity contribution in [3.8, 4) is 5.88 Å². The molecule has 0 radical (unpaired) electrons. The zero-order valence-electron chi connectivity index (χ0n) is 12.9. The molecule has 0 fully saturated rings. The van der Waals surface area contributed by atoms with E-state index in [9.17, 15) is 4.79 Å². The molecule has 3 N–H and O–H groups in total. The molecule has 1 heterocycles. The second-order valence-corrected chi connectivity index (χ2v) is 5.83. The predicted octanol–water partition coefficient (Wildman–Crippen LogP) is 1.83. The van der Waals surface area contributed by atoms with Gasteiger partial charge in [0.25, 0.3) is 5.91 Å². The van der Waals surface area contributed by atoms with Gasteiger partial charge in [0.1, 0.15) is 5.56 Å². The Morgan fingerprint density at radius 1 is 1.43 bits per heavy atom. The van der Waals surface area contributed by atoms with Crippen molar-refractivity contribution in [2.45, 2.75) is 52.0 Å². The zero-order chi connectivity index (χ0) is 15.2. The van der Waals surface area contributed by atoms with Crippen LogP contribution in [0.3, 0.4) is 0 Å². The van der Waals surface area contributed by atoms with E-state index in [1.165, 1.54) is 0 Å². The molecule has 1 aromatic heterocycles. The molecule has 2 rings (SSSR count). The van der Waals surface area contributed by atoms with Gasteiger partial charge in [-0.15, -0.1) is 0 Å². The summed E-state index contributed by atoms with van der Waals surface area (Å²) >= 11 is 0. The van der Waals surface area contributed by atoms with Crippen molar-refractivity contribution < 1.29 is 9.53 Å². The van der Waals surface area contributed by atoms with E-state index in [1.54, 1.807) is 0 Å². The Hall–Kier alpha value is -1.62. The highest BCUT2D eigenvalue weighted by atomic mass is 16.5. The lowest BCUT2D eigenvalue weighted by Gasteiger charge is -2.18. The molecule has 1 aromatic rings. The van der Waals surface area contributed by atoms with Crippen molar-refractivity contribution in [2.24, 2.45) is 5.73 Å². The number of pyridine rings is 1. The molecule has 0 unspecified atom stereocenters. The normalized spacial score (nSPS) is 14.0. The standard InChI is InChI=1S/C16H25N3O2/c1-11(2)18-8-5-9-21-16-13(15(17)20)10-12-6-3-4-7-14(12)19-16/h10-11,18H,3-9H2,1-2H3,(H2,17,20). The summed E-state index contributed by atoms with van der Waals surface area (Å²) in [7, 11) is 0. The van der Waals surface area contributed by atoms with Gasteiger partial charge in [0.2, 0.25) is 5.88 Å². The summed E-state index contributed by atoms with van der Waals surface area (Å²) in [6.07, 6.45) is 5.09. The number of hydrogen-bond acceptors (Lipinski definition) is 4. The van der Waals surface area contributed by atoms with Crippen LogP contribution >= 0.6 is 0 Å². The fourth-order valence-electron chi connectivity index (χ4n) is 2.53. The van der Waals surface area contributed by atoms with Crippen molar-refractivity contribution in [3.63, 3.8) is 0 Å². The zero-order valence-corrected chi connectivity index (χ0v) is 12.9.